The zero-order chi connectivity index (χ0) is 18.9. The summed E-state index contributed by atoms with van der Waals surface area (Å²) in [6, 6.07) is 0. The zero-order valence-electron chi connectivity index (χ0n) is 16.2. The highest BCUT2D eigenvalue weighted by molar-refractivity contribution is 7.11. The first-order valence-electron chi connectivity index (χ1n) is 8.90. The van der Waals surface area contributed by atoms with Crippen molar-refractivity contribution in [1.82, 2.24) is 25.4 Å². The van der Waals surface area contributed by atoms with Crippen molar-refractivity contribution in [2.24, 2.45) is 4.99 Å². The fraction of sp³-hybridized carbons (Fsp3) is 0.706. The van der Waals surface area contributed by atoms with E-state index >= 15 is 0 Å². The number of carbonyl (C=O) groups excluding carboxylic acids is 1. The molecule has 8 nitrogen and oxygen atoms in total. The number of aromatic nitrogens is 1. The van der Waals surface area contributed by atoms with Crippen LogP contribution in [0.5, 0.6) is 0 Å². The first-order chi connectivity index (χ1) is 12.5. The van der Waals surface area contributed by atoms with Crippen molar-refractivity contribution in [2.75, 3.05) is 60.0 Å². The summed E-state index contributed by atoms with van der Waals surface area (Å²) in [7, 11) is 3.44. The van der Waals surface area contributed by atoms with Gasteiger partial charge in [0.25, 0.3) is 0 Å². The Labute approximate surface area is 159 Å². The van der Waals surface area contributed by atoms with Crippen LogP contribution < -0.4 is 10.6 Å². The summed E-state index contributed by atoms with van der Waals surface area (Å²) >= 11 is 1.72. The minimum atomic E-state index is 0.0500. The SMILES string of the molecule is CN=C(NCc1sc(C)nc1C)N1CCN(CC(=O)NCCOC)CC1. The van der Waals surface area contributed by atoms with Gasteiger partial charge in [-0.15, -0.1) is 11.3 Å². The van der Waals surface area contributed by atoms with Crippen molar-refractivity contribution in [3.05, 3.63) is 15.6 Å². The van der Waals surface area contributed by atoms with Crippen LogP contribution in [0.3, 0.4) is 0 Å². The lowest BCUT2D eigenvalue weighted by molar-refractivity contribution is -0.122. The molecule has 0 atom stereocenters. The molecule has 1 aliphatic heterocycles. The molecule has 1 fully saturated rings. The van der Waals surface area contributed by atoms with E-state index < -0.39 is 0 Å². The second-order valence-corrected chi connectivity index (χ2v) is 7.54. The molecule has 1 amide bonds. The van der Waals surface area contributed by atoms with Crippen LogP contribution in [0.1, 0.15) is 15.6 Å². The Balaban J connectivity index is 1.74. The molecule has 0 spiro atoms. The summed E-state index contributed by atoms with van der Waals surface area (Å²) in [5.41, 5.74) is 1.08. The van der Waals surface area contributed by atoms with E-state index in [1.807, 2.05) is 20.9 Å². The summed E-state index contributed by atoms with van der Waals surface area (Å²) < 4.78 is 4.94. The van der Waals surface area contributed by atoms with Gasteiger partial charge in [0.15, 0.2) is 5.96 Å². The monoisotopic (exact) mass is 382 g/mol. The van der Waals surface area contributed by atoms with Crippen LogP contribution >= 0.6 is 11.3 Å². The first-order valence-corrected chi connectivity index (χ1v) is 9.71. The van der Waals surface area contributed by atoms with Crippen molar-refractivity contribution in [3.8, 4) is 0 Å². The molecule has 146 valence electrons. The number of hydrogen-bond donors (Lipinski definition) is 2. The van der Waals surface area contributed by atoms with Gasteiger partial charge in [-0.1, -0.05) is 0 Å². The second-order valence-electron chi connectivity index (χ2n) is 6.25. The van der Waals surface area contributed by atoms with Crippen LogP contribution in [0, 0.1) is 13.8 Å². The lowest BCUT2D eigenvalue weighted by Crippen LogP contribution is -2.54. The Kier molecular flexibility index (Phi) is 8.27. The highest BCUT2D eigenvalue weighted by Crippen LogP contribution is 2.16. The Morgan fingerprint density at radius 3 is 2.58 bits per heavy atom. The molecule has 0 saturated carbocycles. The molecule has 0 aliphatic carbocycles. The van der Waals surface area contributed by atoms with E-state index in [2.05, 4.69) is 30.4 Å². The average molecular weight is 383 g/mol. The van der Waals surface area contributed by atoms with Gasteiger partial charge in [0, 0.05) is 51.8 Å². The molecule has 0 bridgehead atoms. The van der Waals surface area contributed by atoms with E-state index in [0.29, 0.717) is 19.7 Å². The summed E-state index contributed by atoms with van der Waals surface area (Å²) in [5.74, 6) is 0.952. The van der Waals surface area contributed by atoms with Crippen molar-refractivity contribution in [3.63, 3.8) is 0 Å². The molecule has 2 heterocycles. The number of methoxy groups -OCH3 is 1. The maximum absolute atomic E-state index is 11.9. The number of amides is 1. The smallest absolute Gasteiger partial charge is 0.234 e. The lowest BCUT2D eigenvalue weighted by atomic mass is 10.3. The number of ether oxygens (including phenoxy) is 1. The number of nitrogens with zero attached hydrogens (tertiary/aromatic N) is 4. The van der Waals surface area contributed by atoms with Crippen LogP contribution in [0.2, 0.25) is 0 Å². The van der Waals surface area contributed by atoms with Gasteiger partial charge in [-0.2, -0.15) is 0 Å². The molecular weight excluding hydrogens is 352 g/mol. The molecule has 1 aromatic heterocycles. The number of rotatable bonds is 7. The van der Waals surface area contributed by atoms with Gasteiger partial charge in [-0.05, 0) is 13.8 Å². The number of nitrogens with one attached hydrogen (secondary N) is 2. The van der Waals surface area contributed by atoms with Gasteiger partial charge in [-0.3, -0.25) is 14.7 Å². The molecular formula is C17H30N6O2S. The molecule has 0 unspecified atom stereocenters. The van der Waals surface area contributed by atoms with E-state index in [-0.39, 0.29) is 5.91 Å². The highest BCUT2D eigenvalue weighted by atomic mass is 32.1. The van der Waals surface area contributed by atoms with E-state index in [9.17, 15) is 4.79 Å². The van der Waals surface area contributed by atoms with Crippen LogP contribution in [0.15, 0.2) is 4.99 Å². The molecule has 0 radical (unpaired) electrons. The number of aryl methyl sites for hydroxylation is 2. The standard InChI is InChI=1S/C17H30N6O2S/c1-13-15(26-14(2)21-13)11-20-17(18-3)23-8-6-22(7-9-23)12-16(24)19-5-10-25-4/h5-12H2,1-4H3,(H,18,20)(H,19,24). The summed E-state index contributed by atoms with van der Waals surface area (Å²) in [4.78, 5) is 26.4. The molecule has 1 aliphatic rings. The zero-order valence-corrected chi connectivity index (χ0v) is 17.0. The molecule has 2 rings (SSSR count). The molecule has 1 aromatic rings. The summed E-state index contributed by atoms with van der Waals surface area (Å²) in [6.07, 6.45) is 0. The molecule has 1 saturated heterocycles. The summed E-state index contributed by atoms with van der Waals surface area (Å²) in [5, 5.41) is 7.39. The average Bonchev–Trinajstić information content (AvgIpc) is 2.94. The van der Waals surface area contributed by atoms with Gasteiger partial charge in [0.2, 0.25) is 5.91 Å². The van der Waals surface area contributed by atoms with E-state index in [4.69, 9.17) is 4.74 Å². The Morgan fingerprint density at radius 1 is 1.27 bits per heavy atom. The summed E-state index contributed by atoms with van der Waals surface area (Å²) in [6.45, 7) is 9.74. The van der Waals surface area contributed by atoms with E-state index in [1.165, 1.54) is 4.88 Å². The fourth-order valence-corrected chi connectivity index (χ4v) is 3.78. The van der Waals surface area contributed by atoms with E-state index in [0.717, 1.165) is 49.4 Å². The van der Waals surface area contributed by atoms with Crippen LogP contribution in [0.25, 0.3) is 0 Å². The Bertz CT molecular complexity index is 610. The third-order valence-electron chi connectivity index (χ3n) is 4.29. The minimum absolute atomic E-state index is 0.0500. The van der Waals surface area contributed by atoms with E-state index in [1.54, 1.807) is 18.4 Å². The normalized spacial score (nSPS) is 16.0. The van der Waals surface area contributed by atoms with Gasteiger partial charge in [-0.25, -0.2) is 4.98 Å². The minimum Gasteiger partial charge on any atom is -0.383 e. The number of thiazole rings is 1. The second kappa shape index (κ2) is 10.4. The first kappa shape index (κ1) is 20.6. The predicted octanol–water partition coefficient (Wildman–Crippen LogP) is 0.216. The molecule has 9 heteroatoms. The predicted molar refractivity (Wildman–Crippen MR) is 105 cm³/mol. The largest absolute Gasteiger partial charge is 0.383 e. The Morgan fingerprint density at radius 2 is 2.00 bits per heavy atom. The van der Waals surface area contributed by atoms with Crippen LogP contribution in [0.4, 0.5) is 0 Å². The van der Waals surface area contributed by atoms with Crippen molar-refractivity contribution in [1.29, 1.82) is 0 Å². The van der Waals surface area contributed by atoms with Gasteiger partial charge in [0.1, 0.15) is 0 Å². The van der Waals surface area contributed by atoms with Crippen molar-refractivity contribution >= 4 is 23.2 Å². The van der Waals surface area contributed by atoms with Crippen LogP contribution in [-0.2, 0) is 16.1 Å². The van der Waals surface area contributed by atoms with Gasteiger partial charge >= 0.3 is 0 Å². The van der Waals surface area contributed by atoms with Gasteiger partial charge in [0.05, 0.1) is 30.4 Å². The highest BCUT2D eigenvalue weighted by Gasteiger charge is 2.21. The quantitative estimate of drug-likeness (QED) is 0.399. The van der Waals surface area contributed by atoms with Crippen molar-refractivity contribution < 1.29 is 9.53 Å². The topological polar surface area (TPSA) is 82.1 Å². The molecule has 2 N–H and O–H groups in total. The third-order valence-corrected chi connectivity index (χ3v) is 5.36. The number of aliphatic imine (C=N–C) groups is 1. The molecule has 26 heavy (non-hydrogen) atoms. The number of guanidine groups is 1. The number of carbonyl (C=O) groups is 1. The number of piperazine rings is 1. The fourth-order valence-electron chi connectivity index (χ4n) is 2.90. The maximum Gasteiger partial charge on any atom is 0.234 e. The van der Waals surface area contributed by atoms with Crippen molar-refractivity contribution in [2.45, 2.75) is 20.4 Å². The molecule has 0 aromatic carbocycles. The Hall–Kier alpha value is -1.71. The number of hydrogen-bond acceptors (Lipinski definition) is 6. The lowest BCUT2D eigenvalue weighted by Gasteiger charge is -2.36. The third kappa shape index (κ3) is 6.22. The van der Waals surface area contributed by atoms with Crippen LogP contribution in [-0.4, -0.2) is 86.7 Å². The van der Waals surface area contributed by atoms with Gasteiger partial charge < -0.3 is 20.3 Å². The maximum atomic E-state index is 11.9.